The molecule has 1 aliphatic rings. The lowest BCUT2D eigenvalue weighted by Crippen LogP contribution is -2.32. The summed E-state index contributed by atoms with van der Waals surface area (Å²) in [6, 6.07) is 5.96. The van der Waals surface area contributed by atoms with Gasteiger partial charge in [-0.3, -0.25) is 19.2 Å². The minimum Gasteiger partial charge on any atom is -0.329 e. The molecule has 1 aromatic carbocycles. The van der Waals surface area contributed by atoms with Gasteiger partial charge in [0.05, 0.1) is 17.6 Å². The van der Waals surface area contributed by atoms with Crippen molar-refractivity contribution in [1.82, 2.24) is 20.0 Å². The van der Waals surface area contributed by atoms with E-state index in [0.29, 0.717) is 22.3 Å². The Morgan fingerprint density at radius 3 is 2.81 bits per heavy atom. The predicted octanol–water partition coefficient (Wildman–Crippen LogP) is 2.10. The zero-order valence-electron chi connectivity index (χ0n) is 14.2. The van der Waals surface area contributed by atoms with Crippen LogP contribution in [0, 0.1) is 5.82 Å². The molecule has 0 aliphatic carbocycles. The van der Waals surface area contributed by atoms with Crippen LogP contribution in [-0.4, -0.2) is 45.6 Å². The second-order valence-electron chi connectivity index (χ2n) is 5.97. The van der Waals surface area contributed by atoms with Crippen LogP contribution < -0.4 is 10.6 Å². The predicted molar refractivity (Wildman–Crippen MR) is 98.4 cm³/mol. The molecule has 1 aromatic heterocycles. The number of amides is 4. The fraction of sp³-hybridized carbons (Fsp3) is 0.294. The van der Waals surface area contributed by atoms with E-state index in [1.165, 1.54) is 10.7 Å². The van der Waals surface area contributed by atoms with Crippen LogP contribution >= 0.6 is 15.9 Å². The highest BCUT2D eigenvalue weighted by atomic mass is 79.9. The van der Waals surface area contributed by atoms with E-state index in [-0.39, 0.29) is 43.7 Å². The standard InChI is InChI=1S/C17H17BrFN5O3/c18-12-10-23(9-11-4-1-2-5-13(11)19)22-16(12)21-14(25)6-3-7-24-15(26)8-20-17(24)27/h1-2,4-5,10H,3,6-9H2,(H,20,27)(H,21,22,25). The number of nitrogens with zero attached hydrogens (tertiary/aromatic N) is 3. The Bertz CT molecular complexity index is 869. The number of anilines is 1. The molecular formula is C17H17BrFN5O3. The third kappa shape index (κ3) is 4.70. The molecule has 0 radical (unpaired) electrons. The van der Waals surface area contributed by atoms with E-state index >= 15 is 0 Å². The Balaban J connectivity index is 1.52. The number of carbonyl (C=O) groups excluding carboxylic acids is 3. The number of imide groups is 1. The molecule has 1 saturated heterocycles. The van der Waals surface area contributed by atoms with Crippen molar-refractivity contribution in [2.75, 3.05) is 18.4 Å². The summed E-state index contributed by atoms with van der Waals surface area (Å²) in [5, 5.41) is 9.32. The molecular weight excluding hydrogens is 421 g/mol. The van der Waals surface area contributed by atoms with Gasteiger partial charge in [0.25, 0.3) is 0 Å². The molecule has 0 saturated carbocycles. The zero-order chi connectivity index (χ0) is 19.4. The monoisotopic (exact) mass is 437 g/mol. The van der Waals surface area contributed by atoms with Crippen molar-refractivity contribution in [1.29, 1.82) is 0 Å². The Morgan fingerprint density at radius 2 is 2.11 bits per heavy atom. The van der Waals surface area contributed by atoms with Crippen molar-refractivity contribution >= 4 is 39.6 Å². The molecule has 0 bridgehead atoms. The van der Waals surface area contributed by atoms with Gasteiger partial charge >= 0.3 is 6.03 Å². The van der Waals surface area contributed by atoms with Crippen LogP contribution in [0.1, 0.15) is 18.4 Å². The van der Waals surface area contributed by atoms with Crippen molar-refractivity contribution in [2.45, 2.75) is 19.4 Å². The number of hydrogen-bond acceptors (Lipinski definition) is 4. The second kappa shape index (κ2) is 8.30. The molecule has 142 valence electrons. The molecule has 2 heterocycles. The van der Waals surface area contributed by atoms with Crippen molar-refractivity contribution in [3.63, 3.8) is 0 Å². The van der Waals surface area contributed by atoms with Gasteiger partial charge in [0.1, 0.15) is 5.82 Å². The summed E-state index contributed by atoms with van der Waals surface area (Å²) in [5.41, 5.74) is 0.485. The molecule has 0 unspecified atom stereocenters. The Labute approximate surface area is 162 Å². The summed E-state index contributed by atoms with van der Waals surface area (Å²) in [6.45, 7) is 0.408. The van der Waals surface area contributed by atoms with E-state index in [4.69, 9.17) is 0 Å². The number of carbonyl (C=O) groups is 3. The van der Waals surface area contributed by atoms with Gasteiger partial charge in [-0.15, -0.1) is 0 Å². The van der Waals surface area contributed by atoms with Gasteiger partial charge in [0, 0.05) is 24.7 Å². The molecule has 0 atom stereocenters. The number of benzene rings is 1. The van der Waals surface area contributed by atoms with Gasteiger partial charge in [0.15, 0.2) is 5.82 Å². The minimum atomic E-state index is -0.435. The van der Waals surface area contributed by atoms with Crippen LogP contribution in [0.15, 0.2) is 34.9 Å². The molecule has 10 heteroatoms. The normalized spacial score (nSPS) is 13.8. The molecule has 1 aliphatic heterocycles. The first kappa shape index (κ1) is 19.0. The van der Waals surface area contributed by atoms with Gasteiger partial charge in [-0.25, -0.2) is 9.18 Å². The molecule has 0 spiro atoms. The number of rotatable bonds is 7. The highest BCUT2D eigenvalue weighted by Crippen LogP contribution is 2.21. The highest BCUT2D eigenvalue weighted by Gasteiger charge is 2.27. The van der Waals surface area contributed by atoms with Crippen molar-refractivity contribution < 1.29 is 18.8 Å². The number of aromatic nitrogens is 2. The number of urea groups is 1. The van der Waals surface area contributed by atoms with E-state index in [9.17, 15) is 18.8 Å². The average Bonchev–Trinajstić information content (AvgIpc) is 3.13. The quantitative estimate of drug-likeness (QED) is 0.648. The number of halogens is 2. The van der Waals surface area contributed by atoms with Crippen molar-refractivity contribution in [2.24, 2.45) is 0 Å². The van der Waals surface area contributed by atoms with Crippen LogP contribution in [0.4, 0.5) is 15.0 Å². The first-order chi connectivity index (χ1) is 12.9. The zero-order valence-corrected chi connectivity index (χ0v) is 15.8. The Hall–Kier alpha value is -2.75. The summed E-state index contributed by atoms with van der Waals surface area (Å²) in [7, 11) is 0. The fourth-order valence-corrected chi connectivity index (χ4v) is 3.05. The lowest BCUT2D eigenvalue weighted by molar-refractivity contribution is -0.125. The van der Waals surface area contributed by atoms with Gasteiger partial charge in [-0.05, 0) is 28.4 Å². The smallest absolute Gasteiger partial charge is 0.324 e. The molecule has 2 N–H and O–H groups in total. The van der Waals surface area contributed by atoms with Crippen molar-refractivity contribution in [3.8, 4) is 0 Å². The summed E-state index contributed by atoms with van der Waals surface area (Å²) in [5.74, 6) is -0.588. The lowest BCUT2D eigenvalue weighted by Gasteiger charge is -2.11. The highest BCUT2D eigenvalue weighted by molar-refractivity contribution is 9.10. The maximum atomic E-state index is 13.7. The van der Waals surface area contributed by atoms with Crippen LogP contribution in [0.3, 0.4) is 0 Å². The van der Waals surface area contributed by atoms with Gasteiger partial charge in [0.2, 0.25) is 11.8 Å². The SMILES string of the molecule is O=C(CCCN1C(=O)CNC1=O)Nc1nn(Cc2ccccc2F)cc1Br. The summed E-state index contributed by atoms with van der Waals surface area (Å²) < 4.78 is 15.8. The summed E-state index contributed by atoms with van der Waals surface area (Å²) in [4.78, 5) is 36.1. The van der Waals surface area contributed by atoms with E-state index in [2.05, 4.69) is 31.7 Å². The van der Waals surface area contributed by atoms with Gasteiger partial charge in [-0.1, -0.05) is 18.2 Å². The van der Waals surface area contributed by atoms with E-state index in [1.807, 2.05) is 0 Å². The first-order valence-electron chi connectivity index (χ1n) is 8.28. The summed E-state index contributed by atoms with van der Waals surface area (Å²) in [6.07, 6.45) is 2.12. The van der Waals surface area contributed by atoms with Crippen LogP contribution in [-0.2, 0) is 16.1 Å². The largest absolute Gasteiger partial charge is 0.329 e. The second-order valence-corrected chi connectivity index (χ2v) is 6.82. The van der Waals surface area contributed by atoms with E-state index in [0.717, 1.165) is 4.90 Å². The van der Waals surface area contributed by atoms with Gasteiger partial charge in [-0.2, -0.15) is 5.10 Å². The maximum Gasteiger partial charge on any atom is 0.324 e. The molecule has 3 rings (SSSR count). The molecule has 4 amide bonds. The van der Waals surface area contributed by atoms with Crippen molar-refractivity contribution in [3.05, 3.63) is 46.3 Å². The van der Waals surface area contributed by atoms with Gasteiger partial charge < -0.3 is 10.6 Å². The first-order valence-corrected chi connectivity index (χ1v) is 9.08. The van der Waals surface area contributed by atoms with E-state index in [1.54, 1.807) is 24.4 Å². The molecule has 2 aromatic rings. The minimum absolute atomic E-state index is 0.00256. The van der Waals surface area contributed by atoms with Crippen LogP contribution in [0.25, 0.3) is 0 Å². The third-order valence-electron chi connectivity index (χ3n) is 3.99. The van der Waals surface area contributed by atoms with Crippen LogP contribution in [0.2, 0.25) is 0 Å². The maximum absolute atomic E-state index is 13.7. The lowest BCUT2D eigenvalue weighted by atomic mass is 10.2. The fourth-order valence-electron chi connectivity index (χ4n) is 2.64. The van der Waals surface area contributed by atoms with E-state index < -0.39 is 6.03 Å². The third-order valence-corrected chi connectivity index (χ3v) is 4.57. The topological polar surface area (TPSA) is 96.3 Å². The number of hydrogen-bond donors (Lipinski definition) is 2. The molecule has 1 fully saturated rings. The number of nitrogens with one attached hydrogen (secondary N) is 2. The molecule has 8 nitrogen and oxygen atoms in total. The summed E-state index contributed by atoms with van der Waals surface area (Å²) >= 11 is 3.32. The average molecular weight is 438 g/mol. The Morgan fingerprint density at radius 1 is 1.33 bits per heavy atom. The molecule has 27 heavy (non-hydrogen) atoms. The Kier molecular flexibility index (Phi) is 5.84. The van der Waals surface area contributed by atoms with Crippen LogP contribution in [0.5, 0.6) is 0 Å².